The highest BCUT2D eigenvalue weighted by Gasteiger charge is 2.34. The molecular weight excluding hydrogens is 557 g/mol. The van der Waals surface area contributed by atoms with Crippen LogP contribution in [0.15, 0.2) is 77.7 Å². The van der Waals surface area contributed by atoms with E-state index in [9.17, 15) is 22.4 Å². The van der Waals surface area contributed by atoms with Gasteiger partial charge in [0.2, 0.25) is 11.8 Å². The number of anilines is 1. The number of rotatable bonds is 12. The summed E-state index contributed by atoms with van der Waals surface area (Å²) in [5.41, 5.74) is 0.214. The van der Waals surface area contributed by atoms with Gasteiger partial charge in [-0.25, -0.2) is 12.8 Å². The smallest absolute Gasteiger partial charge is 0.264 e. The molecule has 1 N–H and O–H groups in total. The van der Waals surface area contributed by atoms with Gasteiger partial charge in [0.05, 0.1) is 17.7 Å². The lowest BCUT2D eigenvalue weighted by molar-refractivity contribution is -0.139. The first-order valence-corrected chi connectivity index (χ1v) is 14.6. The van der Waals surface area contributed by atoms with E-state index < -0.39 is 40.2 Å². The van der Waals surface area contributed by atoms with Crippen molar-refractivity contribution in [1.29, 1.82) is 0 Å². The largest absolute Gasteiger partial charge is 0.495 e. The molecule has 0 aliphatic heterocycles. The Morgan fingerprint density at radius 3 is 2.30 bits per heavy atom. The normalized spacial score (nSPS) is 12.8. The molecule has 0 aromatic heterocycles. The lowest BCUT2D eigenvalue weighted by atomic mass is 10.1. The number of sulfonamides is 1. The van der Waals surface area contributed by atoms with Crippen molar-refractivity contribution in [2.24, 2.45) is 0 Å². The van der Waals surface area contributed by atoms with Crippen LogP contribution in [-0.2, 0) is 26.2 Å². The van der Waals surface area contributed by atoms with E-state index in [-0.39, 0.29) is 39.5 Å². The van der Waals surface area contributed by atoms with Gasteiger partial charge in [0.1, 0.15) is 24.2 Å². The van der Waals surface area contributed by atoms with Crippen LogP contribution in [-0.4, -0.2) is 50.9 Å². The van der Waals surface area contributed by atoms with E-state index in [0.29, 0.717) is 6.42 Å². The van der Waals surface area contributed by atoms with Crippen molar-refractivity contribution in [1.82, 2.24) is 10.2 Å². The van der Waals surface area contributed by atoms with Gasteiger partial charge in [0.15, 0.2) is 0 Å². The molecule has 0 fully saturated rings. The van der Waals surface area contributed by atoms with E-state index in [2.05, 4.69) is 5.32 Å². The molecular formula is C29H33ClFN3O5S. The molecule has 3 aromatic carbocycles. The molecule has 0 bridgehead atoms. The second-order valence-corrected chi connectivity index (χ2v) is 11.5. The molecule has 0 saturated heterocycles. The van der Waals surface area contributed by atoms with E-state index in [1.165, 1.54) is 67.5 Å². The Kier molecular flexibility index (Phi) is 10.5. The first-order chi connectivity index (χ1) is 19.0. The van der Waals surface area contributed by atoms with Crippen molar-refractivity contribution in [2.75, 3.05) is 18.0 Å². The zero-order chi connectivity index (χ0) is 29.4. The minimum atomic E-state index is -4.31. The Hall–Kier alpha value is -3.63. The standard InChI is InChI=1S/C29H33ClFN3O5S/c1-5-20(2)32-29(36)21(3)33(18-22-11-9-10-14-25(22)31)28(35)19-34(26-17-23(30)15-16-27(26)39-4)40(37,38)24-12-7-6-8-13-24/h6-17,20-21H,5,18-19H2,1-4H3,(H,32,36)/t20-,21+/m0/s1. The monoisotopic (exact) mass is 589 g/mol. The van der Waals surface area contributed by atoms with E-state index in [0.717, 1.165) is 4.31 Å². The topological polar surface area (TPSA) is 96.0 Å². The SMILES string of the molecule is CC[C@H](C)NC(=O)[C@@H](C)N(Cc1ccccc1F)C(=O)CN(c1cc(Cl)ccc1OC)S(=O)(=O)c1ccccc1. The average molecular weight is 590 g/mol. The molecule has 3 aromatic rings. The van der Waals surface area contributed by atoms with Gasteiger partial charge in [-0.1, -0.05) is 54.9 Å². The summed E-state index contributed by atoms with van der Waals surface area (Å²) in [5, 5.41) is 3.06. The lowest BCUT2D eigenvalue weighted by Gasteiger charge is -2.33. The number of nitrogens with zero attached hydrogens (tertiary/aromatic N) is 2. The van der Waals surface area contributed by atoms with Crippen LogP contribution in [0.3, 0.4) is 0 Å². The maximum absolute atomic E-state index is 14.6. The van der Waals surface area contributed by atoms with Crippen LogP contribution >= 0.6 is 11.6 Å². The van der Waals surface area contributed by atoms with Gasteiger partial charge < -0.3 is 15.0 Å². The molecule has 8 nitrogen and oxygen atoms in total. The molecule has 214 valence electrons. The Morgan fingerprint density at radius 1 is 1.02 bits per heavy atom. The van der Waals surface area contributed by atoms with Crippen molar-refractivity contribution in [2.45, 2.75) is 50.7 Å². The highest BCUT2D eigenvalue weighted by atomic mass is 35.5. The van der Waals surface area contributed by atoms with Crippen LogP contribution in [0.5, 0.6) is 5.75 Å². The fourth-order valence-electron chi connectivity index (χ4n) is 3.95. The van der Waals surface area contributed by atoms with E-state index in [4.69, 9.17) is 16.3 Å². The number of methoxy groups -OCH3 is 1. The Balaban J connectivity index is 2.09. The second-order valence-electron chi connectivity index (χ2n) is 9.25. The van der Waals surface area contributed by atoms with Crippen molar-refractivity contribution in [3.8, 4) is 5.75 Å². The summed E-state index contributed by atoms with van der Waals surface area (Å²) in [6.07, 6.45) is 0.664. The van der Waals surface area contributed by atoms with Crippen LogP contribution in [0, 0.1) is 5.82 Å². The second kappa shape index (κ2) is 13.6. The van der Waals surface area contributed by atoms with Crippen LogP contribution in [0.2, 0.25) is 5.02 Å². The minimum Gasteiger partial charge on any atom is -0.495 e. The molecule has 11 heteroatoms. The zero-order valence-corrected chi connectivity index (χ0v) is 24.4. The minimum absolute atomic E-state index is 0.0368. The summed E-state index contributed by atoms with van der Waals surface area (Å²) in [4.78, 5) is 28.1. The lowest BCUT2D eigenvalue weighted by Crippen LogP contribution is -2.52. The third-order valence-corrected chi connectivity index (χ3v) is 8.50. The van der Waals surface area contributed by atoms with Gasteiger partial charge in [0, 0.05) is 23.2 Å². The third kappa shape index (κ3) is 7.31. The first kappa shape index (κ1) is 30.9. The number of halogens is 2. The van der Waals surface area contributed by atoms with Gasteiger partial charge in [-0.15, -0.1) is 0 Å². The van der Waals surface area contributed by atoms with E-state index in [1.54, 1.807) is 24.3 Å². The first-order valence-electron chi connectivity index (χ1n) is 12.7. The van der Waals surface area contributed by atoms with Crippen LogP contribution in [0.4, 0.5) is 10.1 Å². The number of hydrogen-bond acceptors (Lipinski definition) is 5. The molecule has 0 aliphatic carbocycles. The summed E-state index contributed by atoms with van der Waals surface area (Å²) in [6.45, 7) is 4.29. The van der Waals surface area contributed by atoms with Crippen LogP contribution < -0.4 is 14.4 Å². The molecule has 0 spiro atoms. The maximum Gasteiger partial charge on any atom is 0.264 e. The Labute approximate surface area is 239 Å². The number of amides is 2. The predicted molar refractivity (Wildman–Crippen MR) is 153 cm³/mol. The number of ether oxygens (including phenoxy) is 1. The van der Waals surface area contributed by atoms with Crippen LogP contribution in [0.25, 0.3) is 0 Å². The molecule has 2 amide bonds. The number of carbonyl (C=O) groups excluding carboxylic acids is 2. The summed E-state index contributed by atoms with van der Waals surface area (Å²) in [7, 11) is -2.94. The third-order valence-electron chi connectivity index (χ3n) is 6.49. The zero-order valence-electron chi connectivity index (χ0n) is 22.8. The number of carbonyl (C=O) groups is 2. The van der Waals surface area contributed by atoms with Gasteiger partial charge in [-0.05, 0) is 56.7 Å². The summed E-state index contributed by atoms with van der Waals surface area (Å²) >= 11 is 6.22. The fraction of sp³-hybridized carbons (Fsp3) is 0.310. The van der Waals surface area contributed by atoms with Crippen molar-refractivity contribution < 1.29 is 27.1 Å². The van der Waals surface area contributed by atoms with Gasteiger partial charge in [-0.2, -0.15) is 0 Å². The quantitative estimate of drug-likeness (QED) is 0.320. The van der Waals surface area contributed by atoms with Crippen molar-refractivity contribution in [3.63, 3.8) is 0 Å². The highest BCUT2D eigenvalue weighted by Crippen LogP contribution is 2.35. The van der Waals surface area contributed by atoms with Crippen molar-refractivity contribution in [3.05, 3.63) is 89.2 Å². The van der Waals surface area contributed by atoms with Crippen LogP contribution in [0.1, 0.15) is 32.8 Å². The Bertz CT molecular complexity index is 1440. The summed E-state index contributed by atoms with van der Waals surface area (Å²) in [5.74, 6) is -1.56. The van der Waals surface area contributed by atoms with E-state index in [1.807, 2.05) is 13.8 Å². The molecule has 40 heavy (non-hydrogen) atoms. The van der Waals surface area contributed by atoms with Gasteiger partial charge >= 0.3 is 0 Å². The van der Waals surface area contributed by atoms with Gasteiger partial charge in [0.25, 0.3) is 10.0 Å². The Morgan fingerprint density at radius 2 is 1.68 bits per heavy atom. The predicted octanol–water partition coefficient (Wildman–Crippen LogP) is 5.02. The molecule has 0 aliphatic rings. The summed E-state index contributed by atoms with van der Waals surface area (Å²) < 4.78 is 48.7. The summed E-state index contributed by atoms with van der Waals surface area (Å²) in [6, 6.07) is 16.7. The number of hydrogen-bond donors (Lipinski definition) is 1. The molecule has 2 atom stereocenters. The van der Waals surface area contributed by atoms with Gasteiger partial charge in [-0.3, -0.25) is 13.9 Å². The fourth-order valence-corrected chi connectivity index (χ4v) is 5.55. The average Bonchev–Trinajstić information content (AvgIpc) is 2.95. The molecule has 0 unspecified atom stereocenters. The number of benzene rings is 3. The molecule has 0 saturated carbocycles. The number of nitrogens with one attached hydrogen (secondary N) is 1. The maximum atomic E-state index is 14.6. The highest BCUT2D eigenvalue weighted by molar-refractivity contribution is 7.92. The van der Waals surface area contributed by atoms with Crippen molar-refractivity contribution >= 4 is 39.1 Å². The molecule has 0 radical (unpaired) electrons. The molecule has 0 heterocycles. The molecule has 3 rings (SSSR count). The van der Waals surface area contributed by atoms with E-state index >= 15 is 0 Å².